The number of nitrogens with zero attached hydrogens (tertiary/aromatic N) is 6. The van der Waals surface area contributed by atoms with Gasteiger partial charge in [-0.1, -0.05) is 53.4 Å². The van der Waals surface area contributed by atoms with Crippen molar-refractivity contribution in [2.45, 2.75) is 148 Å². The van der Waals surface area contributed by atoms with Crippen LogP contribution >= 0.6 is 0 Å². The molecular weight excluding hydrogens is 1100 g/mol. The van der Waals surface area contributed by atoms with Crippen molar-refractivity contribution < 1.29 is 61.2 Å². The van der Waals surface area contributed by atoms with Gasteiger partial charge in [0, 0.05) is 67.2 Å². The first-order valence-corrected chi connectivity index (χ1v) is 30.7. The first kappa shape index (κ1) is 64.0. The van der Waals surface area contributed by atoms with E-state index < -0.39 is 63.3 Å². The fraction of sp³-hybridized carbons (Fsp3) is 0.559. The Morgan fingerprint density at radius 3 is 2.25 bits per heavy atom. The van der Waals surface area contributed by atoms with Gasteiger partial charge in [0.05, 0.1) is 41.1 Å². The summed E-state index contributed by atoms with van der Waals surface area (Å²) in [5.74, 6) is 3.14. The van der Waals surface area contributed by atoms with Crippen LogP contribution in [0.1, 0.15) is 134 Å². The summed E-state index contributed by atoms with van der Waals surface area (Å²) in [4.78, 5) is 111. The van der Waals surface area contributed by atoms with Crippen LogP contribution in [0.25, 0.3) is 22.3 Å². The van der Waals surface area contributed by atoms with Crippen LogP contribution in [0.2, 0.25) is 0 Å². The monoisotopic (exact) mass is 1180 g/mol. The lowest BCUT2D eigenvalue weighted by molar-refractivity contribution is -0.172. The number of hydrogen-bond donors (Lipinski definition) is 5. The topological polar surface area (TPSA) is 309 Å². The minimum Gasteiger partial charge on any atom is -0.458 e. The maximum Gasteiger partial charge on any atom is 0.343 e. The van der Waals surface area contributed by atoms with Crippen molar-refractivity contribution in [1.82, 2.24) is 50.6 Å². The Morgan fingerprint density at radius 1 is 0.857 bits per heavy atom. The molecule has 7 rings (SSSR count). The predicted octanol–water partition coefficient (Wildman–Crippen LogP) is 3.13. The van der Waals surface area contributed by atoms with Crippen LogP contribution in [-0.4, -0.2) is 156 Å². The third-order valence-corrected chi connectivity index (χ3v) is 15.8. The molecule has 1 aromatic carbocycles. The smallest absolute Gasteiger partial charge is 0.343 e. The molecule has 6 heterocycles. The number of sulfone groups is 1. The number of ether oxygens (including phenoxy) is 4. The number of rotatable bonds is 30. The Labute approximate surface area is 489 Å². The van der Waals surface area contributed by atoms with E-state index in [-0.39, 0.29) is 93.1 Å². The number of nitrogens with one attached hydrogen (secondary N) is 4. The molecule has 3 aliphatic rings. The summed E-state index contributed by atoms with van der Waals surface area (Å²) in [7, 11) is -3.55. The Morgan fingerprint density at radius 2 is 1.57 bits per heavy atom. The third-order valence-electron chi connectivity index (χ3n) is 14.9. The average Bonchev–Trinajstić information content (AvgIpc) is 1.60. The second-order valence-corrected chi connectivity index (χ2v) is 23.5. The molecule has 5 amide bonds. The second kappa shape index (κ2) is 29.3. The fourth-order valence-electron chi connectivity index (χ4n) is 10.5. The van der Waals surface area contributed by atoms with E-state index in [1.807, 2.05) is 13.0 Å². The summed E-state index contributed by atoms with van der Waals surface area (Å²) < 4.78 is 47.2. The highest BCUT2D eigenvalue weighted by Gasteiger charge is 2.46. The van der Waals surface area contributed by atoms with Gasteiger partial charge in [0.15, 0.2) is 17.1 Å². The molecule has 454 valence electrons. The van der Waals surface area contributed by atoms with Gasteiger partial charge in [0.1, 0.15) is 32.0 Å². The number of fused-ring (bicyclic) bond motifs is 6. The van der Waals surface area contributed by atoms with Crippen LogP contribution in [0.4, 0.5) is 0 Å². The van der Waals surface area contributed by atoms with Crippen molar-refractivity contribution in [3.63, 3.8) is 0 Å². The van der Waals surface area contributed by atoms with Crippen molar-refractivity contribution in [2.75, 3.05) is 65.7 Å². The van der Waals surface area contributed by atoms with Gasteiger partial charge in [0.2, 0.25) is 51.3 Å². The third kappa shape index (κ3) is 15.8. The summed E-state index contributed by atoms with van der Waals surface area (Å²) in [6, 6.07) is 3.26. The number of esters is 1. The summed E-state index contributed by atoms with van der Waals surface area (Å²) in [6.07, 6.45) is 8.97. The van der Waals surface area contributed by atoms with E-state index in [4.69, 9.17) is 23.9 Å². The zero-order valence-corrected chi connectivity index (χ0v) is 49.8. The molecule has 4 aromatic rings. The first-order valence-electron chi connectivity index (χ1n) is 28.9. The van der Waals surface area contributed by atoms with Gasteiger partial charge in [-0.3, -0.25) is 28.8 Å². The lowest BCUT2D eigenvalue weighted by Crippen LogP contribution is -2.56. The maximum absolute atomic E-state index is 14.1. The van der Waals surface area contributed by atoms with Crippen LogP contribution < -0.4 is 36.3 Å². The molecule has 24 nitrogen and oxygen atoms in total. The normalized spacial score (nSPS) is 15.5. The maximum atomic E-state index is 14.1. The second-order valence-electron chi connectivity index (χ2n) is 21.6. The van der Waals surface area contributed by atoms with Crippen molar-refractivity contribution in [3.8, 4) is 34.7 Å². The highest BCUT2D eigenvalue weighted by molar-refractivity contribution is 7.90. The van der Waals surface area contributed by atoms with Crippen LogP contribution in [0, 0.1) is 17.8 Å². The quantitative estimate of drug-likeness (QED) is 0.0145. The lowest BCUT2D eigenvalue weighted by Gasteiger charge is -2.31. The van der Waals surface area contributed by atoms with Crippen LogP contribution in [-0.2, 0) is 73.3 Å². The van der Waals surface area contributed by atoms with E-state index in [9.17, 15) is 47.1 Å². The number of cyclic esters (lactones) is 1. The first-order chi connectivity index (χ1) is 40.2. The number of hydrogen-bond acceptors (Lipinski definition) is 18. The Balaban J connectivity index is 0.934. The largest absolute Gasteiger partial charge is 0.458 e. The fourth-order valence-corrected chi connectivity index (χ4v) is 11.0. The zero-order chi connectivity index (χ0) is 60.7. The molecule has 0 unspecified atom stereocenters. The lowest BCUT2D eigenvalue weighted by atomic mass is 9.86. The number of unbranched alkanes of at least 4 members (excludes halogenated alkanes) is 2. The van der Waals surface area contributed by atoms with Gasteiger partial charge in [-0.15, -0.1) is 0 Å². The van der Waals surface area contributed by atoms with Crippen molar-refractivity contribution in [1.29, 1.82) is 0 Å². The van der Waals surface area contributed by atoms with Gasteiger partial charge in [-0.2, -0.15) is 0 Å². The molecular formula is C59H78N10O14S. The number of carbonyl (C=O) groups is 6. The van der Waals surface area contributed by atoms with Gasteiger partial charge in [0.25, 0.3) is 5.56 Å². The Kier molecular flexibility index (Phi) is 22.4. The van der Waals surface area contributed by atoms with E-state index in [0.717, 1.165) is 61.7 Å². The van der Waals surface area contributed by atoms with E-state index in [1.54, 1.807) is 42.4 Å². The molecule has 0 saturated heterocycles. The van der Waals surface area contributed by atoms with Crippen molar-refractivity contribution in [3.05, 3.63) is 68.8 Å². The number of benzene rings is 1. The standard InChI is InChI=1S/C59H78N10O14S/c1-8-21-67(22-9-2)24-16-15-18-44(65-55(74)52(37(5)6)66-49(70)19-14-12-13-17-38-29-61-58(62-30-38)84(7,78)79)54(73)60-31-50(71)63-35-80-34-51(72)68(23-10-3)25-20-39-40-26-47-48(83-36-82-47)28-45(40)64-53-41(39)32-69-46(53)27-43-42(56(69)75)33-81-57(76)59(43,77)11-4/h26-30,37,44,52,77H,8-12,14-16,18-25,31-36H2,1-7H3,(H,60,73)(H,63,71)(H,65,74)(H,66,70)/t44-,52-,59-/m0/s1. The van der Waals surface area contributed by atoms with Gasteiger partial charge >= 0.3 is 5.97 Å². The molecule has 84 heavy (non-hydrogen) atoms. The van der Waals surface area contributed by atoms with Gasteiger partial charge < -0.3 is 59.7 Å². The summed E-state index contributed by atoms with van der Waals surface area (Å²) in [5, 5.41) is 22.7. The summed E-state index contributed by atoms with van der Waals surface area (Å²) in [5.41, 5.74) is 1.46. The molecule has 3 aromatic heterocycles. The van der Waals surface area contributed by atoms with Gasteiger partial charge in [-0.05, 0) is 101 Å². The number of aromatic nitrogens is 4. The van der Waals surface area contributed by atoms with E-state index in [0.29, 0.717) is 72.6 Å². The molecule has 3 aliphatic heterocycles. The van der Waals surface area contributed by atoms with Crippen molar-refractivity contribution in [2.24, 2.45) is 5.92 Å². The Hall–Kier alpha value is -7.53. The van der Waals surface area contributed by atoms with Crippen LogP contribution in [0.3, 0.4) is 0 Å². The molecule has 0 saturated carbocycles. The minimum absolute atomic E-state index is 0.00591. The SMILES string of the molecule is CCCN(CCC)CCCC[C@H](NC(=O)[C@@H](NC(=O)CCCC#Cc1cnc(S(C)(=O)=O)nc1)C(C)C)C(=O)NCC(=O)NCOCC(=O)N(CCC)CCc1c2c(nc3cc4c(cc13)OCO4)-c1cc3c(c(=O)n1C2)COC(=O)[C@]3(O)CC. The number of aliphatic hydroxyl groups is 1. The molecule has 0 radical (unpaired) electrons. The van der Waals surface area contributed by atoms with Crippen LogP contribution in [0.5, 0.6) is 11.5 Å². The van der Waals surface area contributed by atoms with Crippen LogP contribution in [0.15, 0.2) is 40.5 Å². The molecule has 0 spiro atoms. The van der Waals surface area contributed by atoms with Crippen molar-refractivity contribution >= 4 is 56.2 Å². The van der Waals surface area contributed by atoms with E-state index >= 15 is 0 Å². The highest BCUT2D eigenvalue weighted by atomic mass is 32.2. The highest BCUT2D eigenvalue weighted by Crippen LogP contribution is 2.43. The molecule has 0 bridgehead atoms. The molecule has 0 aliphatic carbocycles. The van der Waals surface area contributed by atoms with Gasteiger partial charge in [-0.25, -0.2) is 28.2 Å². The molecule has 25 heteroatoms. The van der Waals surface area contributed by atoms with E-state index in [2.05, 4.69) is 61.8 Å². The minimum atomic E-state index is -3.55. The number of carbonyl (C=O) groups excluding carboxylic acids is 6. The average molecular weight is 1180 g/mol. The zero-order valence-electron chi connectivity index (χ0n) is 49.0. The summed E-state index contributed by atoms with van der Waals surface area (Å²) in [6.45, 7) is 13.4. The van der Waals surface area contributed by atoms with E-state index in [1.165, 1.54) is 12.4 Å². The number of amides is 5. The molecule has 0 fully saturated rings. The molecule has 5 N–H and O–H groups in total. The Bertz CT molecular complexity index is 3320. The molecule has 3 atom stereocenters. The predicted molar refractivity (Wildman–Crippen MR) is 309 cm³/mol. The summed E-state index contributed by atoms with van der Waals surface area (Å²) >= 11 is 0. The number of pyridine rings is 2.